The molecular formula is C19H25FN4OS. The van der Waals surface area contributed by atoms with Gasteiger partial charge in [-0.05, 0) is 25.0 Å². The van der Waals surface area contributed by atoms with Crippen LogP contribution in [-0.4, -0.2) is 43.1 Å². The molecule has 3 atom stereocenters. The molecule has 0 saturated heterocycles. The lowest BCUT2D eigenvalue weighted by Gasteiger charge is -2.21. The Bertz CT molecular complexity index is 778. The Morgan fingerprint density at radius 3 is 2.96 bits per heavy atom. The number of aliphatic imine (C=N–C) groups is 1. The average molecular weight is 377 g/mol. The lowest BCUT2D eigenvalue weighted by molar-refractivity contribution is 0.119. The highest BCUT2D eigenvalue weighted by Crippen LogP contribution is 2.41. The van der Waals surface area contributed by atoms with Crippen LogP contribution in [0.15, 0.2) is 34.6 Å². The Kier molecular flexibility index (Phi) is 5.88. The topological polar surface area (TPSA) is 49.8 Å². The highest BCUT2D eigenvalue weighted by molar-refractivity contribution is 7.09. The predicted molar refractivity (Wildman–Crippen MR) is 103 cm³/mol. The molecule has 1 aromatic carbocycles. The number of aromatic nitrogens is 1. The Hall–Kier alpha value is -1.99. The Labute approximate surface area is 157 Å². The number of nitrogens with zero attached hydrogens (tertiary/aromatic N) is 3. The molecule has 1 aromatic heterocycles. The quantitative estimate of drug-likeness (QED) is 0.619. The Balaban J connectivity index is 1.58. The van der Waals surface area contributed by atoms with Gasteiger partial charge in [0.15, 0.2) is 5.96 Å². The molecular weight excluding hydrogens is 351 g/mol. The van der Waals surface area contributed by atoms with E-state index in [9.17, 15) is 4.39 Å². The van der Waals surface area contributed by atoms with E-state index in [1.165, 1.54) is 6.07 Å². The van der Waals surface area contributed by atoms with Gasteiger partial charge in [0.25, 0.3) is 0 Å². The average Bonchev–Trinajstić information content (AvgIpc) is 3.25. The minimum absolute atomic E-state index is 0.00415. The van der Waals surface area contributed by atoms with E-state index in [0.717, 1.165) is 28.6 Å². The highest BCUT2D eigenvalue weighted by Gasteiger charge is 2.40. The van der Waals surface area contributed by atoms with Crippen LogP contribution in [-0.2, 0) is 11.3 Å². The molecule has 7 heteroatoms. The van der Waals surface area contributed by atoms with Crippen LogP contribution in [0, 0.1) is 5.82 Å². The van der Waals surface area contributed by atoms with Crippen molar-refractivity contribution < 1.29 is 9.13 Å². The SMILES string of the molecule is CN=C(NC1CC1c1ccccc1F)N(C)Cc1csc(C(C)OC)n1. The summed E-state index contributed by atoms with van der Waals surface area (Å²) in [4.78, 5) is 11.0. The molecule has 1 N–H and O–H groups in total. The molecule has 26 heavy (non-hydrogen) atoms. The fraction of sp³-hybridized carbons (Fsp3) is 0.474. The van der Waals surface area contributed by atoms with Crippen molar-refractivity contribution >= 4 is 17.3 Å². The van der Waals surface area contributed by atoms with Gasteiger partial charge in [0.05, 0.1) is 12.2 Å². The van der Waals surface area contributed by atoms with Crippen molar-refractivity contribution in [3.63, 3.8) is 0 Å². The van der Waals surface area contributed by atoms with Crippen molar-refractivity contribution in [1.82, 2.24) is 15.2 Å². The maximum Gasteiger partial charge on any atom is 0.193 e. The van der Waals surface area contributed by atoms with Gasteiger partial charge in [-0.15, -0.1) is 11.3 Å². The molecule has 1 fully saturated rings. The molecule has 0 radical (unpaired) electrons. The lowest BCUT2D eigenvalue weighted by atomic mass is 10.1. The molecule has 0 amide bonds. The Morgan fingerprint density at radius 2 is 2.27 bits per heavy atom. The summed E-state index contributed by atoms with van der Waals surface area (Å²) in [7, 11) is 5.43. The van der Waals surface area contributed by atoms with E-state index in [4.69, 9.17) is 4.74 Å². The van der Waals surface area contributed by atoms with Crippen LogP contribution in [0.2, 0.25) is 0 Å². The van der Waals surface area contributed by atoms with Crippen molar-refractivity contribution in [3.05, 3.63) is 51.7 Å². The second-order valence-corrected chi connectivity index (χ2v) is 7.46. The molecule has 3 unspecified atom stereocenters. The maximum absolute atomic E-state index is 13.9. The standard InChI is InChI=1S/C19H25FN4OS/c1-12(25-4)18-22-13(11-26-18)10-24(3)19(21-2)23-17-9-15(17)14-7-5-6-8-16(14)20/h5-8,11-12,15,17H,9-10H2,1-4H3,(H,21,23). The third-order valence-electron chi connectivity index (χ3n) is 4.65. The minimum atomic E-state index is -0.132. The monoisotopic (exact) mass is 376 g/mol. The fourth-order valence-electron chi connectivity index (χ4n) is 2.99. The summed E-state index contributed by atoms with van der Waals surface area (Å²) in [5, 5.41) is 6.46. The van der Waals surface area contributed by atoms with Gasteiger partial charge in [-0.1, -0.05) is 18.2 Å². The van der Waals surface area contributed by atoms with Gasteiger partial charge in [-0.2, -0.15) is 0 Å². The van der Waals surface area contributed by atoms with Crippen LogP contribution >= 0.6 is 11.3 Å². The summed E-state index contributed by atoms with van der Waals surface area (Å²) in [6, 6.07) is 7.21. The summed E-state index contributed by atoms with van der Waals surface area (Å²) >= 11 is 1.60. The summed E-state index contributed by atoms with van der Waals surface area (Å²) in [5.41, 5.74) is 1.77. The van der Waals surface area contributed by atoms with E-state index >= 15 is 0 Å². The van der Waals surface area contributed by atoms with Crippen molar-refractivity contribution in [2.24, 2.45) is 4.99 Å². The molecule has 0 aliphatic heterocycles. The maximum atomic E-state index is 13.9. The third-order valence-corrected chi connectivity index (χ3v) is 5.71. The smallest absolute Gasteiger partial charge is 0.193 e. The van der Waals surface area contributed by atoms with Gasteiger partial charge < -0.3 is 15.0 Å². The van der Waals surface area contributed by atoms with Gasteiger partial charge >= 0.3 is 0 Å². The zero-order valence-electron chi connectivity index (χ0n) is 15.6. The zero-order chi connectivity index (χ0) is 18.7. The van der Waals surface area contributed by atoms with Gasteiger partial charge in [0.1, 0.15) is 16.9 Å². The van der Waals surface area contributed by atoms with E-state index in [0.29, 0.717) is 6.54 Å². The van der Waals surface area contributed by atoms with Crippen LogP contribution in [0.1, 0.15) is 41.6 Å². The minimum Gasteiger partial charge on any atom is -0.375 e. The molecule has 5 nitrogen and oxygen atoms in total. The van der Waals surface area contributed by atoms with E-state index in [1.54, 1.807) is 31.6 Å². The third kappa shape index (κ3) is 4.22. The molecule has 3 rings (SSSR count). The molecule has 140 valence electrons. The van der Waals surface area contributed by atoms with Gasteiger partial charge in [-0.3, -0.25) is 4.99 Å². The normalized spacial score (nSPS) is 20.7. The summed E-state index contributed by atoms with van der Waals surface area (Å²) in [6.45, 7) is 2.65. The van der Waals surface area contributed by atoms with E-state index in [1.807, 2.05) is 36.4 Å². The second kappa shape index (κ2) is 8.14. The summed E-state index contributed by atoms with van der Waals surface area (Å²) in [5.74, 6) is 0.866. The van der Waals surface area contributed by atoms with Crippen LogP contribution in [0.5, 0.6) is 0 Å². The number of guanidine groups is 1. The number of halogens is 1. The van der Waals surface area contributed by atoms with Crippen molar-refractivity contribution in [1.29, 1.82) is 0 Å². The fourth-order valence-corrected chi connectivity index (χ4v) is 3.83. The molecule has 1 saturated carbocycles. The number of rotatable bonds is 6. The first-order valence-electron chi connectivity index (χ1n) is 8.69. The van der Waals surface area contributed by atoms with Gasteiger partial charge in [0.2, 0.25) is 0 Å². The van der Waals surface area contributed by atoms with E-state index in [-0.39, 0.29) is 23.9 Å². The number of thiazole rings is 1. The van der Waals surface area contributed by atoms with Gasteiger partial charge in [-0.25, -0.2) is 9.37 Å². The molecule has 0 spiro atoms. The van der Waals surface area contributed by atoms with Gasteiger partial charge in [0, 0.05) is 38.5 Å². The van der Waals surface area contributed by atoms with E-state index < -0.39 is 0 Å². The van der Waals surface area contributed by atoms with E-state index in [2.05, 4.69) is 15.3 Å². The first-order valence-corrected chi connectivity index (χ1v) is 9.57. The molecule has 2 aromatic rings. The van der Waals surface area contributed by atoms with Crippen LogP contribution in [0.25, 0.3) is 0 Å². The first kappa shape index (κ1) is 18.8. The number of methoxy groups -OCH3 is 1. The summed E-state index contributed by atoms with van der Waals surface area (Å²) < 4.78 is 19.2. The predicted octanol–water partition coefficient (Wildman–Crippen LogP) is 3.55. The molecule has 1 heterocycles. The number of hydrogen-bond donors (Lipinski definition) is 1. The van der Waals surface area contributed by atoms with Crippen molar-refractivity contribution in [2.75, 3.05) is 21.2 Å². The van der Waals surface area contributed by atoms with Crippen LogP contribution < -0.4 is 5.32 Å². The van der Waals surface area contributed by atoms with Crippen LogP contribution in [0.3, 0.4) is 0 Å². The van der Waals surface area contributed by atoms with Crippen LogP contribution in [0.4, 0.5) is 4.39 Å². The van der Waals surface area contributed by atoms with Crippen molar-refractivity contribution in [3.8, 4) is 0 Å². The molecule has 1 aliphatic carbocycles. The first-order chi connectivity index (χ1) is 12.5. The highest BCUT2D eigenvalue weighted by atomic mass is 32.1. The summed E-state index contributed by atoms with van der Waals surface area (Å²) in [6.07, 6.45) is 0.921. The lowest BCUT2D eigenvalue weighted by Crippen LogP contribution is -2.40. The Morgan fingerprint density at radius 1 is 1.50 bits per heavy atom. The molecule has 1 aliphatic rings. The number of ether oxygens (including phenoxy) is 1. The largest absolute Gasteiger partial charge is 0.375 e. The number of hydrogen-bond acceptors (Lipinski definition) is 4. The van der Waals surface area contributed by atoms with Crippen molar-refractivity contribution in [2.45, 2.75) is 38.0 Å². The number of benzene rings is 1. The zero-order valence-corrected chi connectivity index (χ0v) is 16.4. The molecule has 0 bridgehead atoms. The second-order valence-electron chi connectivity index (χ2n) is 6.57. The number of nitrogens with one attached hydrogen (secondary N) is 1.